The number of nitrogens with zero attached hydrogens (tertiary/aromatic N) is 2. The molecule has 0 N–H and O–H groups in total. The van der Waals surface area contributed by atoms with Crippen molar-refractivity contribution in [2.75, 3.05) is 0 Å². The molecule has 0 unspecified atom stereocenters. The van der Waals surface area contributed by atoms with E-state index in [1.165, 1.54) is 22.3 Å². The van der Waals surface area contributed by atoms with E-state index in [1.807, 2.05) is 21.6 Å². The average Bonchev–Trinajstić information content (AvgIpc) is 2.85. The van der Waals surface area contributed by atoms with Gasteiger partial charge in [0.15, 0.2) is 0 Å². The van der Waals surface area contributed by atoms with Gasteiger partial charge in [-0.3, -0.25) is 0 Å². The molecule has 0 aliphatic carbocycles. The first-order chi connectivity index (χ1) is 10.0. The van der Waals surface area contributed by atoms with Crippen LogP contribution in [0.2, 0.25) is 0 Å². The van der Waals surface area contributed by atoms with Crippen molar-refractivity contribution >= 4 is 17.4 Å². The fourth-order valence-electron chi connectivity index (χ4n) is 2.78. The van der Waals surface area contributed by atoms with Gasteiger partial charge in [-0.25, -0.2) is 0 Å². The highest BCUT2D eigenvalue weighted by Gasteiger charge is 2.21. The van der Waals surface area contributed by atoms with E-state index in [0.29, 0.717) is 0 Å². The van der Waals surface area contributed by atoms with Crippen LogP contribution in [-0.2, 0) is 0 Å². The number of benzene rings is 2. The first-order valence-electron chi connectivity index (χ1n) is 7.21. The lowest BCUT2D eigenvalue weighted by Crippen LogP contribution is -1.96. The topological polar surface area (TPSA) is 6.02 Å². The van der Waals surface area contributed by atoms with Crippen LogP contribution in [0.4, 0.5) is 11.4 Å². The SMILES string of the molecule is Cc1cc(C)cc([N+]2=C=[N+](c3cc(C)cc(C)c3)C=C2)c1. The summed E-state index contributed by atoms with van der Waals surface area (Å²) in [6.45, 7) is 8.49. The molecule has 0 saturated carbocycles. The predicted molar refractivity (Wildman–Crippen MR) is 85.8 cm³/mol. The summed E-state index contributed by atoms with van der Waals surface area (Å²) in [5, 5.41) is 0. The molecular formula is C19H20N2+2. The van der Waals surface area contributed by atoms with Gasteiger partial charge in [0.05, 0.1) is 0 Å². The minimum atomic E-state index is 1.15. The normalized spacial score (nSPS) is 13.3. The first-order valence-corrected chi connectivity index (χ1v) is 7.21. The second kappa shape index (κ2) is 5.16. The smallest absolute Gasteiger partial charge is 0.0559 e. The molecule has 1 aliphatic heterocycles. The Hall–Kier alpha value is -2.44. The van der Waals surface area contributed by atoms with Gasteiger partial charge >= 0.3 is 6.01 Å². The Labute approximate surface area is 126 Å². The minimum Gasteiger partial charge on any atom is -0.0559 e. The van der Waals surface area contributed by atoms with Crippen molar-refractivity contribution in [1.29, 1.82) is 0 Å². The Bertz CT molecular complexity index is 713. The molecule has 0 aromatic heterocycles. The largest absolute Gasteiger partial charge is 0.501 e. The van der Waals surface area contributed by atoms with Gasteiger partial charge in [-0.1, -0.05) is 21.3 Å². The monoisotopic (exact) mass is 276 g/mol. The molecular weight excluding hydrogens is 256 g/mol. The third kappa shape index (κ3) is 2.86. The van der Waals surface area contributed by atoms with Crippen molar-refractivity contribution in [2.45, 2.75) is 27.7 Å². The Morgan fingerprint density at radius 2 is 0.905 bits per heavy atom. The lowest BCUT2D eigenvalue weighted by Gasteiger charge is -1.96. The quantitative estimate of drug-likeness (QED) is 0.709. The lowest BCUT2D eigenvalue weighted by molar-refractivity contribution is -0.387. The second-order valence-corrected chi connectivity index (χ2v) is 5.83. The highest BCUT2D eigenvalue weighted by molar-refractivity contribution is 5.47. The molecule has 21 heavy (non-hydrogen) atoms. The summed E-state index contributed by atoms with van der Waals surface area (Å²) < 4.78 is 4.08. The highest BCUT2D eigenvalue weighted by atomic mass is 15.1. The number of hydrogen-bond donors (Lipinski definition) is 0. The number of aryl methyl sites for hydroxylation is 4. The zero-order chi connectivity index (χ0) is 15.0. The summed E-state index contributed by atoms with van der Waals surface area (Å²) in [5.74, 6) is 0. The van der Waals surface area contributed by atoms with Crippen LogP contribution in [0.1, 0.15) is 22.3 Å². The Kier molecular flexibility index (Phi) is 3.32. The second-order valence-electron chi connectivity index (χ2n) is 5.83. The molecule has 104 valence electrons. The van der Waals surface area contributed by atoms with Crippen LogP contribution in [0.3, 0.4) is 0 Å². The molecule has 0 radical (unpaired) electrons. The number of rotatable bonds is 2. The van der Waals surface area contributed by atoms with E-state index in [-0.39, 0.29) is 0 Å². The van der Waals surface area contributed by atoms with Crippen LogP contribution in [0.5, 0.6) is 0 Å². The van der Waals surface area contributed by atoms with Crippen molar-refractivity contribution in [2.24, 2.45) is 0 Å². The zero-order valence-corrected chi connectivity index (χ0v) is 13.0. The highest BCUT2D eigenvalue weighted by Crippen LogP contribution is 2.21. The maximum Gasteiger partial charge on any atom is 0.501 e. The zero-order valence-electron chi connectivity index (χ0n) is 13.0. The summed E-state index contributed by atoms with van der Waals surface area (Å²) in [6, 6.07) is 16.5. The van der Waals surface area contributed by atoms with E-state index >= 15 is 0 Å². The summed E-state index contributed by atoms with van der Waals surface area (Å²) in [4.78, 5) is 0. The van der Waals surface area contributed by atoms with E-state index < -0.39 is 0 Å². The molecule has 0 amide bonds. The molecule has 2 nitrogen and oxygen atoms in total. The fourth-order valence-corrected chi connectivity index (χ4v) is 2.78. The van der Waals surface area contributed by atoms with E-state index in [0.717, 1.165) is 11.4 Å². The Morgan fingerprint density at radius 3 is 1.24 bits per heavy atom. The van der Waals surface area contributed by atoms with E-state index in [1.54, 1.807) is 0 Å². The van der Waals surface area contributed by atoms with Crippen LogP contribution < -0.4 is 0 Å². The Balaban J connectivity index is 2.09. The molecule has 2 aromatic carbocycles. The molecule has 2 heteroatoms. The minimum absolute atomic E-state index is 1.15. The Morgan fingerprint density at radius 1 is 0.571 bits per heavy atom. The van der Waals surface area contributed by atoms with Gasteiger partial charge in [-0.05, 0) is 49.9 Å². The maximum absolute atomic E-state index is 3.39. The summed E-state index contributed by atoms with van der Waals surface area (Å²) in [7, 11) is 0. The molecule has 1 aliphatic rings. The number of hydrogen-bond acceptors (Lipinski definition) is 0. The molecule has 1 heterocycles. The fraction of sp³-hybridized carbons (Fsp3) is 0.211. The van der Waals surface area contributed by atoms with Gasteiger partial charge in [0.25, 0.3) is 12.4 Å². The van der Waals surface area contributed by atoms with Crippen molar-refractivity contribution in [3.63, 3.8) is 0 Å². The van der Waals surface area contributed by atoms with Gasteiger partial charge in [0.2, 0.25) is 11.4 Å². The van der Waals surface area contributed by atoms with Gasteiger partial charge in [-0.15, -0.1) is 0 Å². The van der Waals surface area contributed by atoms with Crippen LogP contribution in [0, 0.1) is 27.7 Å². The van der Waals surface area contributed by atoms with Gasteiger partial charge in [0, 0.05) is 24.3 Å². The summed E-state index contributed by atoms with van der Waals surface area (Å²) >= 11 is 0. The van der Waals surface area contributed by atoms with Crippen molar-refractivity contribution in [3.05, 3.63) is 71.1 Å². The van der Waals surface area contributed by atoms with Crippen LogP contribution in [0.15, 0.2) is 48.8 Å². The standard InChI is InChI=1S/C19H20N2/c1-14-7-15(2)10-18(9-14)20-5-6-21(13-20)19-11-16(3)8-17(4)12-19/h5-12H,1-4H3/q+2. The van der Waals surface area contributed by atoms with Gasteiger partial charge in [0.1, 0.15) is 0 Å². The molecule has 0 bridgehead atoms. The van der Waals surface area contributed by atoms with Crippen molar-refractivity contribution in [1.82, 2.24) is 0 Å². The van der Waals surface area contributed by atoms with Gasteiger partial charge in [-0.2, -0.15) is 0 Å². The van der Waals surface area contributed by atoms with E-state index in [9.17, 15) is 0 Å². The van der Waals surface area contributed by atoms with E-state index in [2.05, 4.69) is 70.1 Å². The van der Waals surface area contributed by atoms with Crippen LogP contribution in [-0.4, -0.2) is 15.2 Å². The first kappa shape index (κ1) is 13.5. The third-order valence-electron chi connectivity index (χ3n) is 3.55. The maximum atomic E-state index is 3.39. The van der Waals surface area contributed by atoms with Crippen molar-refractivity contribution in [3.8, 4) is 0 Å². The van der Waals surface area contributed by atoms with Crippen LogP contribution in [0.25, 0.3) is 0 Å². The predicted octanol–water partition coefficient (Wildman–Crippen LogP) is 4.57. The lowest BCUT2D eigenvalue weighted by atomic mass is 10.1. The third-order valence-corrected chi connectivity index (χ3v) is 3.55. The summed E-state index contributed by atoms with van der Waals surface area (Å²) in [6.07, 6.45) is 4.10. The molecule has 0 saturated heterocycles. The van der Waals surface area contributed by atoms with Gasteiger partial charge < -0.3 is 0 Å². The molecule has 3 rings (SSSR count). The molecule has 0 fully saturated rings. The molecule has 0 spiro atoms. The summed E-state index contributed by atoms with van der Waals surface area (Å²) in [5.41, 5.74) is 7.37. The molecule has 0 atom stereocenters. The van der Waals surface area contributed by atoms with E-state index in [4.69, 9.17) is 0 Å². The van der Waals surface area contributed by atoms with Crippen LogP contribution >= 0.6 is 0 Å². The average molecular weight is 276 g/mol. The molecule has 2 aromatic rings. The van der Waals surface area contributed by atoms with Crippen molar-refractivity contribution < 1.29 is 9.15 Å².